The van der Waals surface area contributed by atoms with Gasteiger partial charge in [0.25, 0.3) is 0 Å². The Balaban J connectivity index is 1.42. The molecule has 3 rings (SSSR count). The number of anilines is 1. The molecule has 2 aromatic rings. The van der Waals surface area contributed by atoms with Crippen molar-refractivity contribution >= 4 is 17.6 Å². The molecule has 0 heterocycles. The highest BCUT2D eigenvalue weighted by atomic mass is 16.2. The lowest BCUT2D eigenvalue weighted by Crippen LogP contribution is -2.59. The molecule has 1 aliphatic carbocycles. The Morgan fingerprint density at radius 1 is 0.828 bits per heavy atom. The highest BCUT2D eigenvalue weighted by molar-refractivity contribution is 5.91. The molecule has 0 spiro atoms. The number of hydrogen-bond acceptors (Lipinski definition) is 3. The van der Waals surface area contributed by atoms with Gasteiger partial charge in [0.15, 0.2) is 0 Å². The molecule has 3 amide bonds. The molecule has 0 radical (unpaired) electrons. The molecule has 0 bridgehead atoms. The smallest absolute Gasteiger partial charge is 0.315 e. The minimum absolute atomic E-state index is 0.0791. The molecule has 0 aromatic heterocycles. The van der Waals surface area contributed by atoms with Gasteiger partial charge >= 0.3 is 6.03 Å². The first-order valence-electron chi connectivity index (χ1n) is 10.4. The summed E-state index contributed by atoms with van der Waals surface area (Å²) in [5, 5.41) is 12.2. The highest BCUT2D eigenvalue weighted by Crippen LogP contribution is 2.29. The zero-order valence-electron chi connectivity index (χ0n) is 16.7. The van der Waals surface area contributed by atoms with Crippen molar-refractivity contribution in [2.45, 2.75) is 44.2 Å². The molecule has 2 aromatic carbocycles. The van der Waals surface area contributed by atoms with Crippen molar-refractivity contribution < 1.29 is 9.59 Å². The van der Waals surface area contributed by atoms with Gasteiger partial charge in [-0.25, -0.2) is 4.79 Å². The Labute approximate surface area is 172 Å². The van der Waals surface area contributed by atoms with Gasteiger partial charge in [-0.3, -0.25) is 4.79 Å². The quantitative estimate of drug-likeness (QED) is 0.492. The minimum Gasteiger partial charge on any atom is -0.385 e. The normalized spacial score (nSPS) is 14.8. The number of para-hydroxylation sites is 1. The summed E-state index contributed by atoms with van der Waals surface area (Å²) in [5.74, 6) is -0.0791. The summed E-state index contributed by atoms with van der Waals surface area (Å²) in [5.41, 5.74) is 1.30. The maximum Gasteiger partial charge on any atom is 0.315 e. The SMILES string of the molecule is O=C(NCc1ccccc1)NC1(C(=O)NCCCNc2ccccc2)CCCC1. The van der Waals surface area contributed by atoms with Gasteiger partial charge in [-0.05, 0) is 37.0 Å². The molecule has 1 saturated carbocycles. The van der Waals surface area contributed by atoms with E-state index in [-0.39, 0.29) is 11.9 Å². The molecular formula is C23H30N4O2. The van der Waals surface area contributed by atoms with E-state index in [0.29, 0.717) is 25.9 Å². The third kappa shape index (κ3) is 6.24. The Kier molecular flexibility index (Phi) is 7.50. The molecule has 0 aliphatic heterocycles. The number of carbonyl (C=O) groups is 2. The first kappa shape index (κ1) is 20.7. The van der Waals surface area contributed by atoms with E-state index in [1.54, 1.807) is 0 Å². The predicted molar refractivity (Wildman–Crippen MR) is 116 cm³/mol. The summed E-state index contributed by atoms with van der Waals surface area (Å²) in [6.45, 7) is 1.80. The van der Waals surface area contributed by atoms with Crippen molar-refractivity contribution in [2.75, 3.05) is 18.4 Å². The van der Waals surface area contributed by atoms with Crippen LogP contribution in [0.2, 0.25) is 0 Å². The lowest BCUT2D eigenvalue weighted by molar-refractivity contribution is -0.127. The van der Waals surface area contributed by atoms with Gasteiger partial charge in [-0.1, -0.05) is 61.4 Å². The first-order chi connectivity index (χ1) is 14.2. The summed E-state index contributed by atoms with van der Waals surface area (Å²) < 4.78 is 0. The van der Waals surface area contributed by atoms with Crippen LogP contribution in [0, 0.1) is 0 Å². The Morgan fingerprint density at radius 2 is 1.48 bits per heavy atom. The van der Waals surface area contributed by atoms with Crippen LogP contribution in [0.1, 0.15) is 37.7 Å². The average molecular weight is 395 g/mol. The van der Waals surface area contributed by atoms with Gasteiger partial charge < -0.3 is 21.3 Å². The van der Waals surface area contributed by atoms with Gasteiger partial charge in [0.2, 0.25) is 5.91 Å². The highest BCUT2D eigenvalue weighted by Gasteiger charge is 2.42. The fraction of sp³-hybridized carbons (Fsp3) is 0.391. The molecule has 0 unspecified atom stereocenters. The number of carbonyl (C=O) groups excluding carboxylic acids is 2. The number of nitrogens with one attached hydrogen (secondary N) is 4. The van der Waals surface area contributed by atoms with E-state index < -0.39 is 5.54 Å². The zero-order valence-corrected chi connectivity index (χ0v) is 16.7. The summed E-state index contributed by atoms with van der Waals surface area (Å²) >= 11 is 0. The number of hydrogen-bond donors (Lipinski definition) is 4. The van der Waals surface area contributed by atoms with Crippen LogP contribution in [0.3, 0.4) is 0 Å². The summed E-state index contributed by atoms with van der Waals surface area (Å²) in [7, 11) is 0. The van der Waals surface area contributed by atoms with E-state index in [4.69, 9.17) is 0 Å². The maximum atomic E-state index is 12.8. The molecule has 0 saturated heterocycles. The lowest BCUT2D eigenvalue weighted by atomic mass is 9.96. The zero-order chi connectivity index (χ0) is 20.4. The summed E-state index contributed by atoms with van der Waals surface area (Å²) in [6.07, 6.45) is 4.07. The predicted octanol–water partition coefficient (Wildman–Crippen LogP) is 3.42. The van der Waals surface area contributed by atoms with Crippen molar-refractivity contribution in [3.63, 3.8) is 0 Å². The van der Waals surface area contributed by atoms with Gasteiger partial charge in [0.1, 0.15) is 5.54 Å². The number of amides is 3. The second-order valence-corrected chi connectivity index (χ2v) is 7.48. The van der Waals surface area contributed by atoms with Crippen LogP contribution in [0.4, 0.5) is 10.5 Å². The van der Waals surface area contributed by atoms with Crippen LogP contribution in [0.25, 0.3) is 0 Å². The van der Waals surface area contributed by atoms with E-state index in [0.717, 1.165) is 37.1 Å². The van der Waals surface area contributed by atoms with Gasteiger partial charge in [0.05, 0.1) is 0 Å². The van der Waals surface area contributed by atoms with E-state index in [1.807, 2.05) is 60.7 Å². The third-order valence-corrected chi connectivity index (χ3v) is 5.28. The van der Waals surface area contributed by atoms with Gasteiger partial charge in [0, 0.05) is 25.3 Å². The second-order valence-electron chi connectivity index (χ2n) is 7.48. The lowest BCUT2D eigenvalue weighted by Gasteiger charge is -2.29. The number of benzene rings is 2. The van der Waals surface area contributed by atoms with E-state index in [2.05, 4.69) is 21.3 Å². The van der Waals surface area contributed by atoms with Gasteiger partial charge in [-0.15, -0.1) is 0 Å². The maximum absolute atomic E-state index is 12.8. The monoisotopic (exact) mass is 394 g/mol. The Bertz CT molecular complexity index is 774. The van der Waals surface area contributed by atoms with Crippen molar-refractivity contribution in [3.8, 4) is 0 Å². The summed E-state index contributed by atoms with van der Waals surface area (Å²) in [4.78, 5) is 25.2. The average Bonchev–Trinajstić information content (AvgIpc) is 3.23. The van der Waals surface area contributed by atoms with Crippen molar-refractivity contribution in [2.24, 2.45) is 0 Å². The molecule has 154 valence electrons. The second kappa shape index (κ2) is 10.5. The molecule has 1 aliphatic rings. The molecule has 6 nitrogen and oxygen atoms in total. The fourth-order valence-corrected chi connectivity index (χ4v) is 3.68. The van der Waals surface area contributed by atoms with Crippen molar-refractivity contribution in [3.05, 3.63) is 66.2 Å². The van der Waals surface area contributed by atoms with Crippen LogP contribution < -0.4 is 21.3 Å². The van der Waals surface area contributed by atoms with Crippen molar-refractivity contribution in [1.82, 2.24) is 16.0 Å². The van der Waals surface area contributed by atoms with E-state index >= 15 is 0 Å². The molecule has 6 heteroatoms. The molecule has 1 fully saturated rings. The number of rotatable bonds is 9. The van der Waals surface area contributed by atoms with Crippen LogP contribution in [0.15, 0.2) is 60.7 Å². The van der Waals surface area contributed by atoms with E-state index in [1.165, 1.54) is 0 Å². The molecule has 0 atom stereocenters. The van der Waals surface area contributed by atoms with Crippen LogP contribution >= 0.6 is 0 Å². The topological polar surface area (TPSA) is 82.3 Å². The molecular weight excluding hydrogens is 364 g/mol. The Hall–Kier alpha value is -3.02. The van der Waals surface area contributed by atoms with Crippen LogP contribution in [-0.4, -0.2) is 30.6 Å². The summed E-state index contributed by atoms with van der Waals surface area (Å²) in [6, 6.07) is 19.4. The standard InChI is InChI=1S/C23H30N4O2/c28-21(25-17-9-16-24-20-12-5-2-6-13-20)23(14-7-8-15-23)27-22(29)26-18-19-10-3-1-4-11-19/h1-6,10-13,24H,7-9,14-18H2,(H,25,28)(H2,26,27,29). The third-order valence-electron chi connectivity index (χ3n) is 5.28. The fourth-order valence-electron chi connectivity index (χ4n) is 3.68. The van der Waals surface area contributed by atoms with Crippen LogP contribution in [0.5, 0.6) is 0 Å². The van der Waals surface area contributed by atoms with Crippen LogP contribution in [-0.2, 0) is 11.3 Å². The minimum atomic E-state index is -0.798. The first-order valence-corrected chi connectivity index (χ1v) is 10.4. The largest absolute Gasteiger partial charge is 0.385 e. The van der Waals surface area contributed by atoms with Crippen molar-refractivity contribution in [1.29, 1.82) is 0 Å². The van der Waals surface area contributed by atoms with Gasteiger partial charge in [-0.2, -0.15) is 0 Å². The molecule has 29 heavy (non-hydrogen) atoms. The number of urea groups is 1. The Morgan fingerprint density at radius 3 is 2.17 bits per heavy atom. The molecule has 4 N–H and O–H groups in total. The van der Waals surface area contributed by atoms with E-state index in [9.17, 15) is 9.59 Å².